The molecule has 1 fully saturated rings. The van der Waals surface area contributed by atoms with Crippen molar-refractivity contribution >= 4 is 0 Å². The first-order chi connectivity index (χ1) is 7.27. The van der Waals surface area contributed by atoms with Crippen LogP contribution in [0.25, 0.3) is 0 Å². The fraction of sp³-hybridized carbons (Fsp3) is 1.00. The average Bonchev–Trinajstić information content (AvgIpc) is 2.20. The Morgan fingerprint density at radius 1 is 1.44 bits per heavy atom. The summed E-state index contributed by atoms with van der Waals surface area (Å²) in [5, 5.41) is 3.54. The van der Waals surface area contributed by atoms with Crippen LogP contribution in [0.5, 0.6) is 0 Å². The number of hydrogen-bond acceptors (Lipinski definition) is 3. The average molecular weight is 228 g/mol. The fourth-order valence-corrected chi connectivity index (χ4v) is 2.08. The largest absolute Gasteiger partial charge is 0.379 e. The molecule has 3 nitrogen and oxygen atoms in total. The van der Waals surface area contributed by atoms with Crippen molar-refractivity contribution in [3.05, 3.63) is 0 Å². The van der Waals surface area contributed by atoms with E-state index in [9.17, 15) is 0 Å². The van der Waals surface area contributed by atoms with Crippen molar-refractivity contribution in [3.8, 4) is 0 Å². The van der Waals surface area contributed by atoms with Crippen LogP contribution in [-0.2, 0) is 4.74 Å². The maximum Gasteiger partial charge on any atom is 0.0634 e. The summed E-state index contributed by atoms with van der Waals surface area (Å²) in [4.78, 5) is 2.58. The molecule has 1 atom stereocenters. The summed E-state index contributed by atoms with van der Waals surface area (Å²) in [5.74, 6) is 0. The van der Waals surface area contributed by atoms with Gasteiger partial charge in [-0.05, 0) is 41.0 Å². The molecule has 0 saturated carbocycles. The van der Waals surface area contributed by atoms with Gasteiger partial charge in [0.2, 0.25) is 0 Å². The molecule has 1 N–H and O–H groups in total. The van der Waals surface area contributed by atoms with E-state index in [0.717, 1.165) is 26.1 Å². The Kier molecular flexibility index (Phi) is 4.38. The minimum atomic E-state index is -0.00973. The lowest BCUT2D eigenvalue weighted by atomic mass is 9.95. The molecule has 0 bridgehead atoms. The van der Waals surface area contributed by atoms with E-state index in [1.165, 1.54) is 0 Å². The van der Waals surface area contributed by atoms with Crippen molar-refractivity contribution in [3.63, 3.8) is 0 Å². The SMILES string of the molecule is COC(C)(C)CCN1CC(C)NCC1(C)C. The molecule has 16 heavy (non-hydrogen) atoms. The summed E-state index contributed by atoms with van der Waals surface area (Å²) < 4.78 is 5.48. The van der Waals surface area contributed by atoms with Gasteiger partial charge in [0.1, 0.15) is 0 Å². The third-order valence-electron chi connectivity index (χ3n) is 3.77. The number of methoxy groups -OCH3 is 1. The van der Waals surface area contributed by atoms with Crippen LogP contribution in [0, 0.1) is 0 Å². The lowest BCUT2D eigenvalue weighted by Gasteiger charge is -2.46. The number of nitrogens with one attached hydrogen (secondary N) is 1. The summed E-state index contributed by atoms with van der Waals surface area (Å²) >= 11 is 0. The molecule has 0 spiro atoms. The Bertz CT molecular complexity index is 226. The van der Waals surface area contributed by atoms with E-state index in [0.29, 0.717) is 6.04 Å². The van der Waals surface area contributed by atoms with Gasteiger partial charge in [0.05, 0.1) is 5.60 Å². The Morgan fingerprint density at radius 3 is 2.62 bits per heavy atom. The maximum absolute atomic E-state index is 5.48. The Balaban J connectivity index is 2.51. The second kappa shape index (κ2) is 5.03. The van der Waals surface area contributed by atoms with Gasteiger partial charge in [-0.15, -0.1) is 0 Å². The highest BCUT2D eigenvalue weighted by Gasteiger charge is 2.33. The molecule has 1 saturated heterocycles. The van der Waals surface area contributed by atoms with Crippen molar-refractivity contribution in [2.24, 2.45) is 0 Å². The zero-order valence-corrected chi connectivity index (χ0v) is 11.8. The normalized spacial score (nSPS) is 27.0. The molecule has 3 heteroatoms. The van der Waals surface area contributed by atoms with E-state index >= 15 is 0 Å². The standard InChI is InChI=1S/C13H28N2O/c1-11-9-15(12(2,3)10-14-11)8-7-13(4,5)16-6/h11,14H,7-10H2,1-6H3. The predicted octanol–water partition coefficient (Wildman–Crippen LogP) is 1.87. The molecule has 96 valence electrons. The highest BCUT2D eigenvalue weighted by Crippen LogP contribution is 2.21. The lowest BCUT2D eigenvalue weighted by Crippen LogP contribution is -2.61. The third kappa shape index (κ3) is 3.72. The number of rotatable bonds is 4. The molecule has 0 aliphatic carbocycles. The fourth-order valence-electron chi connectivity index (χ4n) is 2.08. The van der Waals surface area contributed by atoms with Crippen LogP contribution in [0.1, 0.15) is 41.0 Å². The van der Waals surface area contributed by atoms with Crippen LogP contribution < -0.4 is 5.32 Å². The molecular weight excluding hydrogens is 200 g/mol. The van der Waals surface area contributed by atoms with E-state index in [-0.39, 0.29) is 11.1 Å². The number of ether oxygens (including phenoxy) is 1. The van der Waals surface area contributed by atoms with Crippen LogP contribution in [0.15, 0.2) is 0 Å². The van der Waals surface area contributed by atoms with Crippen molar-refractivity contribution in [1.82, 2.24) is 10.2 Å². The van der Waals surface area contributed by atoms with Gasteiger partial charge in [-0.25, -0.2) is 0 Å². The van der Waals surface area contributed by atoms with Crippen LogP contribution >= 0.6 is 0 Å². The van der Waals surface area contributed by atoms with Gasteiger partial charge >= 0.3 is 0 Å². The van der Waals surface area contributed by atoms with E-state index < -0.39 is 0 Å². The topological polar surface area (TPSA) is 24.5 Å². The van der Waals surface area contributed by atoms with E-state index in [2.05, 4.69) is 44.8 Å². The molecule has 1 aliphatic heterocycles. The summed E-state index contributed by atoms with van der Waals surface area (Å²) in [6.45, 7) is 14.5. The molecule has 1 rings (SSSR count). The first-order valence-corrected chi connectivity index (χ1v) is 6.30. The summed E-state index contributed by atoms with van der Waals surface area (Å²) in [7, 11) is 1.80. The molecular formula is C13H28N2O. The van der Waals surface area contributed by atoms with Gasteiger partial charge in [0, 0.05) is 38.3 Å². The predicted molar refractivity (Wildman–Crippen MR) is 68.8 cm³/mol. The monoisotopic (exact) mass is 228 g/mol. The Labute approximate surface area is 101 Å². The van der Waals surface area contributed by atoms with Gasteiger partial charge in [-0.1, -0.05) is 0 Å². The van der Waals surface area contributed by atoms with Gasteiger partial charge in [0.25, 0.3) is 0 Å². The zero-order chi connectivity index (χ0) is 12.4. The molecule has 0 radical (unpaired) electrons. The number of piperazine rings is 1. The second-order valence-corrected chi connectivity index (χ2v) is 6.25. The summed E-state index contributed by atoms with van der Waals surface area (Å²) in [5.41, 5.74) is 0.251. The van der Waals surface area contributed by atoms with Gasteiger partial charge in [-0.2, -0.15) is 0 Å². The van der Waals surface area contributed by atoms with Crippen LogP contribution in [0.4, 0.5) is 0 Å². The molecule has 1 unspecified atom stereocenters. The van der Waals surface area contributed by atoms with Crippen molar-refractivity contribution in [2.45, 2.75) is 58.2 Å². The smallest absolute Gasteiger partial charge is 0.0634 e. The van der Waals surface area contributed by atoms with Crippen molar-refractivity contribution in [2.75, 3.05) is 26.7 Å². The highest BCUT2D eigenvalue weighted by molar-refractivity contribution is 4.92. The Morgan fingerprint density at radius 2 is 2.06 bits per heavy atom. The minimum Gasteiger partial charge on any atom is -0.379 e. The van der Waals surface area contributed by atoms with Crippen LogP contribution in [0.2, 0.25) is 0 Å². The van der Waals surface area contributed by atoms with E-state index in [4.69, 9.17) is 4.74 Å². The molecule has 0 aromatic heterocycles. The van der Waals surface area contributed by atoms with Crippen molar-refractivity contribution in [1.29, 1.82) is 0 Å². The summed E-state index contributed by atoms with van der Waals surface area (Å²) in [6.07, 6.45) is 1.08. The van der Waals surface area contributed by atoms with Crippen LogP contribution in [-0.4, -0.2) is 48.8 Å². The quantitative estimate of drug-likeness (QED) is 0.795. The van der Waals surface area contributed by atoms with E-state index in [1.807, 2.05) is 0 Å². The maximum atomic E-state index is 5.48. The van der Waals surface area contributed by atoms with Crippen molar-refractivity contribution < 1.29 is 4.74 Å². The van der Waals surface area contributed by atoms with Crippen LogP contribution in [0.3, 0.4) is 0 Å². The first-order valence-electron chi connectivity index (χ1n) is 6.30. The zero-order valence-electron chi connectivity index (χ0n) is 11.8. The molecule has 0 amide bonds. The van der Waals surface area contributed by atoms with Gasteiger partial charge < -0.3 is 10.1 Å². The third-order valence-corrected chi connectivity index (χ3v) is 3.77. The second-order valence-electron chi connectivity index (χ2n) is 6.25. The molecule has 0 aromatic rings. The summed E-state index contributed by atoms with van der Waals surface area (Å²) in [6, 6.07) is 0.596. The Hall–Kier alpha value is -0.120. The molecule has 0 aromatic carbocycles. The molecule has 1 heterocycles. The van der Waals surface area contributed by atoms with Gasteiger partial charge in [-0.3, -0.25) is 4.90 Å². The number of nitrogens with zero attached hydrogens (tertiary/aromatic N) is 1. The van der Waals surface area contributed by atoms with E-state index in [1.54, 1.807) is 7.11 Å². The minimum absolute atomic E-state index is 0.00973. The highest BCUT2D eigenvalue weighted by atomic mass is 16.5. The first kappa shape index (κ1) is 13.9. The lowest BCUT2D eigenvalue weighted by molar-refractivity contribution is -0.0101. The molecule has 1 aliphatic rings. The number of hydrogen-bond donors (Lipinski definition) is 1. The van der Waals surface area contributed by atoms with Gasteiger partial charge in [0.15, 0.2) is 0 Å².